The number of carboxylic acid groups (broad SMARTS) is 1. The summed E-state index contributed by atoms with van der Waals surface area (Å²) in [6, 6.07) is 2.65. The van der Waals surface area contributed by atoms with E-state index in [1.807, 2.05) is 0 Å². The van der Waals surface area contributed by atoms with Gasteiger partial charge in [-0.1, -0.05) is 6.92 Å². The highest BCUT2D eigenvalue weighted by Gasteiger charge is 2.20. The van der Waals surface area contributed by atoms with E-state index in [1.165, 1.54) is 33.5 Å². The Balaban J connectivity index is 3.17. The quantitative estimate of drug-likeness (QED) is 0.794. The topological polar surface area (TPSA) is 94.1 Å². The Morgan fingerprint density at radius 2 is 1.90 bits per heavy atom. The van der Waals surface area contributed by atoms with E-state index >= 15 is 0 Å². The molecule has 1 unspecified atom stereocenters. The minimum absolute atomic E-state index is 0.0117. The van der Waals surface area contributed by atoms with Crippen molar-refractivity contribution in [2.24, 2.45) is 5.92 Å². The number of carbonyl (C=O) groups excluding carboxylic acids is 1. The van der Waals surface area contributed by atoms with Crippen LogP contribution in [0.4, 0.5) is 5.69 Å². The molecule has 1 aromatic rings. The molecular weight excluding hydrogens is 278 g/mol. The van der Waals surface area contributed by atoms with Crippen molar-refractivity contribution in [3.05, 3.63) is 17.7 Å². The molecular formula is C14H19NO6. The second-order valence-electron chi connectivity index (χ2n) is 4.41. The first-order valence-electron chi connectivity index (χ1n) is 6.23. The Hall–Kier alpha value is -2.28. The second-order valence-corrected chi connectivity index (χ2v) is 4.41. The van der Waals surface area contributed by atoms with Crippen LogP contribution in [-0.2, 0) is 9.53 Å². The first kappa shape index (κ1) is 16.8. The van der Waals surface area contributed by atoms with Gasteiger partial charge in [0, 0.05) is 7.11 Å². The summed E-state index contributed by atoms with van der Waals surface area (Å²) in [5.74, 6) is -1.33. The summed E-state index contributed by atoms with van der Waals surface area (Å²) in [5, 5.41) is 11.7. The monoisotopic (exact) mass is 297 g/mol. The number of aromatic carboxylic acids is 1. The van der Waals surface area contributed by atoms with Crippen LogP contribution < -0.4 is 14.8 Å². The number of rotatable bonds is 7. The summed E-state index contributed by atoms with van der Waals surface area (Å²) in [4.78, 5) is 23.1. The fourth-order valence-corrected chi connectivity index (χ4v) is 1.76. The Morgan fingerprint density at radius 3 is 2.38 bits per heavy atom. The summed E-state index contributed by atoms with van der Waals surface area (Å²) in [6.45, 7) is 1.95. The van der Waals surface area contributed by atoms with Gasteiger partial charge in [0.1, 0.15) is 0 Å². The van der Waals surface area contributed by atoms with E-state index in [0.717, 1.165) is 0 Å². The van der Waals surface area contributed by atoms with Crippen LogP contribution in [0, 0.1) is 5.92 Å². The van der Waals surface area contributed by atoms with Crippen molar-refractivity contribution in [3.8, 4) is 11.5 Å². The van der Waals surface area contributed by atoms with Gasteiger partial charge in [-0.2, -0.15) is 0 Å². The van der Waals surface area contributed by atoms with Crippen LogP contribution in [0.15, 0.2) is 12.1 Å². The third kappa shape index (κ3) is 4.09. The molecule has 7 heteroatoms. The zero-order valence-corrected chi connectivity index (χ0v) is 12.4. The van der Waals surface area contributed by atoms with E-state index in [0.29, 0.717) is 0 Å². The molecule has 1 rings (SSSR count). The average molecular weight is 297 g/mol. The van der Waals surface area contributed by atoms with Gasteiger partial charge in [0.25, 0.3) is 0 Å². The molecule has 1 aromatic carbocycles. The van der Waals surface area contributed by atoms with Crippen LogP contribution in [0.3, 0.4) is 0 Å². The zero-order valence-electron chi connectivity index (χ0n) is 12.4. The van der Waals surface area contributed by atoms with Crippen LogP contribution in [0.1, 0.15) is 17.3 Å². The lowest BCUT2D eigenvalue weighted by molar-refractivity contribution is -0.120. The summed E-state index contributed by atoms with van der Waals surface area (Å²) in [6.07, 6.45) is 0. The molecule has 0 fully saturated rings. The van der Waals surface area contributed by atoms with Gasteiger partial charge in [0.05, 0.1) is 38.0 Å². The third-order valence-electron chi connectivity index (χ3n) is 2.85. The van der Waals surface area contributed by atoms with Crippen molar-refractivity contribution < 1.29 is 28.9 Å². The molecule has 0 aliphatic heterocycles. The molecule has 0 bridgehead atoms. The first-order valence-corrected chi connectivity index (χ1v) is 6.23. The number of methoxy groups -OCH3 is 3. The van der Waals surface area contributed by atoms with Gasteiger partial charge in [-0.25, -0.2) is 4.79 Å². The Bertz CT molecular complexity index is 528. The lowest BCUT2D eigenvalue weighted by Crippen LogP contribution is -2.24. The van der Waals surface area contributed by atoms with E-state index in [2.05, 4.69) is 5.32 Å². The maximum absolute atomic E-state index is 12.0. The van der Waals surface area contributed by atoms with E-state index in [9.17, 15) is 9.59 Å². The van der Waals surface area contributed by atoms with Crippen molar-refractivity contribution in [2.45, 2.75) is 6.92 Å². The second kappa shape index (κ2) is 7.49. The van der Waals surface area contributed by atoms with Crippen LogP contribution >= 0.6 is 0 Å². The van der Waals surface area contributed by atoms with Gasteiger partial charge in [-0.05, 0) is 12.1 Å². The molecule has 0 saturated carbocycles. The molecule has 0 radical (unpaired) electrons. The van der Waals surface area contributed by atoms with E-state index in [4.69, 9.17) is 19.3 Å². The average Bonchev–Trinajstić information content (AvgIpc) is 2.46. The number of carboxylic acids is 1. The van der Waals surface area contributed by atoms with Crippen LogP contribution in [0.2, 0.25) is 0 Å². The first-order chi connectivity index (χ1) is 9.94. The van der Waals surface area contributed by atoms with Gasteiger partial charge in [-0.3, -0.25) is 4.79 Å². The van der Waals surface area contributed by atoms with Crippen molar-refractivity contribution in [1.29, 1.82) is 0 Å². The van der Waals surface area contributed by atoms with Gasteiger partial charge in [0.15, 0.2) is 11.5 Å². The number of carbonyl (C=O) groups is 2. The number of anilines is 1. The summed E-state index contributed by atoms with van der Waals surface area (Å²) in [7, 11) is 4.30. The molecule has 0 aromatic heterocycles. The molecule has 1 amide bonds. The molecule has 1 atom stereocenters. The highest BCUT2D eigenvalue weighted by Crippen LogP contribution is 2.36. The molecule has 7 nitrogen and oxygen atoms in total. The summed E-state index contributed by atoms with van der Waals surface area (Å²) >= 11 is 0. The van der Waals surface area contributed by atoms with Gasteiger partial charge >= 0.3 is 5.97 Å². The fraction of sp³-hybridized carbons (Fsp3) is 0.429. The molecule has 0 heterocycles. The predicted octanol–water partition coefficient (Wildman–Crippen LogP) is 1.62. The van der Waals surface area contributed by atoms with Crippen LogP contribution in [0.5, 0.6) is 11.5 Å². The van der Waals surface area contributed by atoms with Crippen LogP contribution in [0.25, 0.3) is 0 Å². The predicted molar refractivity (Wildman–Crippen MR) is 76.2 cm³/mol. The number of amides is 1. The lowest BCUT2D eigenvalue weighted by Gasteiger charge is -2.16. The summed E-state index contributed by atoms with van der Waals surface area (Å²) < 4.78 is 15.2. The van der Waals surface area contributed by atoms with Gasteiger partial charge in [0.2, 0.25) is 5.91 Å². The van der Waals surface area contributed by atoms with Crippen molar-refractivity contribution in [2.75, 3.05) is 33.3 Å². The highest BCUT2D eigenvalue weighted by molar-refractivity contribution is 5.97. The van der Waals surface area contributed by atoms with E-state index in [-0.39, 0.29) is 41.2 Å². The Labute approximate surface area is 122 Å². The lowest BCUT2D eigenvalue weighted by atomic mass is 10.1. The molecule has 0 spiro atoms. The number of ether oxygens (including phenoxy) is 3. The van der Waals surface area contributed by atoms with Crippen molar-refractivity contribution in [1.82, 2.24) is 0 Å². The fourth-order valence-electron chi connectivity index (χ4n) is 1.76. The molecule has 0 saturated heterocycles. The van der Waals surface area contributed by atoms with Crippen molar-refractivity contribution in [3.63, 3.8) is 0 Å². The number of hydrogen-bond acceptors (Lipinski definition) is 5. The molecule has 0 aliphatic carbocycles. The Morgan fingerprint density at radius 1 is 1.24 bits per heavy atom. The number of benzene rings is 1. The molecule has 2 N–H and O–H groups in total. The highest BCUT2D eigenvalue weighted by atomic mass is 16.5. The molecule has 0 aliphatic rings. The summed E-state index contributed by atoms with van der Waals surface area (Å²) in [5.41, 5.74) is 0.226. The standard InChI is InChI=1S/C14H19NO6/c1-8(7-19-2)13(16)15-10-5-9(14(17)18)6-11(20-3)12(10)21-4/h5-6,8H,7H2,1-4H3,(H,15,16)(H,17,18). The molecule has 116 valence electrons. The normalized spacial score (nSPS) is 11.6. The zero-order chi connectivity index (χ0) is 16.0. The van der Waals surface area contributed by atoms with E-state index < -0.39 is 5.97 Å². The maximum atomic E-state index is 12.0. The number of nitrogens with one attached hydrogen (secondary N) is 1. The minimum atomic E-state index is -1.13. The Kier molecular flexibility index (Phi) is 5.98. The smallest absolute Gasteiger partial charge is 0.335 e. The third-order valence-corrected chi connectivity index (χ3v) is 2.85. The largest absolute Gasteiger partial charge is 0.493 e. The van der Waals surface area contributed by atoms with Gasteiger partial charge < -0.3 is 24.6 Å². The van der Waals surface area contributed by atoms with Crippen LogP contribution in [-0.4, -0.2) is 44.9 Å². The maximum Gasteiger partial charge on any atom is 0.335 e. The SMILES string of the molecule is COCC(C)C(=O)Nc1cc(C(=O)O)cc(OC)c1OC. The molecule has 21 heavy (non-hydrogen) atoms. The minimum Gasteiger partial charge on any atom is -0.493 e. The van der Waals surface area contributed by atoms with Gasteiger partial charge in [-0.15, -0.1) is 0 Å². The van der Waals surface area contributed by atoms with E-state index in [1.54, 1.807) is 6.92 Å². The number of hydrogen-bond donors (Lipinski definition) is 2. The van der Waals surface area contributed by atoms with Crippen molar-refractivity contribution >= 4 is 17.6 Å².